The van der Waals surface area contributed by atoms with Gasteiger partial charge in [0.2, 0.25) is 0 Å². The zero-order valence-electron chi connectivity index (χ0n) is 7.80. The quantitative estimate of drug-likeness (QED) is 0.535. The number of hydrogen-bond acceptors (Lipinski definition) is 2. The van der Waals surface area contributed by atoms with Crippen LogP contribution in [0.1, 0.15) is 26.7 Å². The number of methoxy groups -OCH3 is 1. The first-order valence-corrected chi connectivity index (χ1v) is 6.57. The first-order chi connectivity index (χ1) is 5.65. The summed E-state index contributed by atoms with van der Waals surface area (Å²) in [6, 6.07) is 0. The molecule has 0 saturated carbocycles. The second-order valence-corrected chi connectivity index (χ2v) is 6.53. The molecule has 0 amide bonds. The molecule has 0 fully saturated rings. The fraction of sp³-hybridized carbons (Fsp3) is 0.778. The molecule has 0 aromatic heterocycles. The summed E-state index contributed by atoms with van der Waals surface area (Å²) in [4.78, 5) is 0. The molecule has 0 aliphatic carbocycles. The molecule has 0 aromatic carbocycles. The van der Waals surface area contributed by atoms with Crippen LogP contribution in [0.15, 0.2) is 9.53 Å². The molecule has 0 unspecified atom stereocenters. The summed E-state index contributed by atoms with van der Waals surface area (Å²) in [5.74, 6) is 1.23. The Morgan fingerprint density at radius 2 is 2.25 bits per heavy atom. The molecule has 0 radical (unpaired) electrons. The Bertz CT molecular complexity index is 187. The zero-order valence-corrected chi connectivity index (χ0v) is 9.96. The number of alkyl halides is 1. The van der Waals surface area contributed by atoms with E-state index in [1.54, 1.807) is 7.11 Å². The molecular weight excluding hydrogens is 267 g/mol. The number of aliphatic hydroxyl groups excluding tert-OH is 1. The number of ether oxygens (including phenoxy) is 1. The van der Waals surface area contributed by atoms with Crippen molar-refractivity contribution in [2.24, 2.45) is 5.92 Å². The van der Waals surface area contributed by atoms with Crippen LogP contribution in [-0.2, 0) is 4.74 Å². The molecule has 1 atom stereocenters. The van der Waals surface area contributed by atoms with E-state index in [1.807, 2.05) is 0 Å². The van der Waals surface area contributed by atoms with Crippen LogP contribution in [-0.4, -0.2) is 16.1 Å². The molecule has 0 bridgehead atoms. The molecule has 12 heavy (non-hydrogen) atoms. The van der Waals surface area contributed by atoms with Crippen LogP contribution in [0.4, 0.5) is 0 Å². The molecule has 72 valence electrons. The van der Waals surface area contributed by atoms with E-state index >= 15 is 0 Å². The Hall–Kier alpha value is 0.0700. The second kappa shape index (κ2) is 4.35. The van der Waals surface area contributed by atoms with Gasteiger partial charge in [0.05, 0.1) is 0 Å². The predicted octanol–water partition coefficient (Wildman–Crippen LogP) is -0.733. The van der Waals surface area contributed by atoms with Gasteiger partial charge in [0, 0.05) is 0 Å². The Kier molecular flexibility index (Phi) is 3.68. The maximum absolute atomic E-state index is 9.45. The van der Waals surface area contributed by atoms with Crippen molar-refractivity contribution in [2.75, 3.05) is 7.11 Å². The average Bonchev–Trinajstić information content (AvgIpc) is 2.05. The van der Waals surface area contributed by atoms with E-state index in [1.165, 1.54) is 0 Å². The number of allylic oxidation sites excluding steroid dienone is 1. The molecular formula is C9H16IO2-. The molecule has 0 aromatic rings. The van der Waals surface area contributed by atoms with E-state index in [4.69, 9.17) is 4.74 Å². The van der Waals surface area contributed by atoms with E-state index in [0.29, 0.717) is 5.76 Å². The Morgan fingerprint density at radius 1 is 1.58 bits per heavy atom. The van der Waals surface area contributed by atoms with Crippen molar-refractivity contribution >= 4 is 0 Å². The van der Waals surface area contributed by atoms with Gasteiger partial charge >= 0.3 is 84.2 Å². The Balaban J connectivity index is 2.61. The fourth-order valence-corrected chi connectivity index (χ4v) is 4.19. The number of aliphatic hydroxyl groups is 1. The summed E-state index contributed by atoms with van der Waals surface area (Å²) in [7, 11) is 1.66. The minimum absolute atomic E-state index is 0.0903. The third-order valence-electron chi connectivity index (χ3n) is 2.03. The van der Waals surface area contributed by atoms with E-state index in [0.717, 1.165) is 26.5 Å². The van der Waals surface area contributed by atoms with Gasteiger partial charge in [-0.1, -0.05) is 0 Å². The molecule has 1 aliphatic heterocycles. The van der Waals surface area contributed by atoms with Crippen molar-refractivity contribution in [3.8, 4) is 0 Å². The van der Waals surface area contributed by atoms with E-state index in [2.05, 4.69) is 13.8 Å². The molecule has 1 N–H and O–H groups in total. The minimum atomic E-state index is -0.0903. The summed E-state index contributed by atoms with van der Waals surface area (Å²) in [5.41, 5.74) is 0. The standard InChI is InChI=1S/C9H16IO2/c1-6(2)7-4-5-8(11)9(10-7)12-3/h6-7,11H,4-5H2,1-3H3/q-1/t7-/m0/s1. The van der Waals surface area contributed by atoms with Crippen molar-refractivity contribution < 1.29 is 31.0 Å². The van der Waals surface area contributed by atoms with Crippen LogP contribution in [0.2, 0.25) is 0 Å². The monoisotopic (exact) mass is 283 g/mol. The zero-order chi connectivity index (χ0) is 9.14. The molecule has 3 heteroatoms. The molecule has 1 aliphatic rings. The maximum atomic E-state index is 9.45. The summed E-state index contributed by atoms with van der Waals surface area (Å²) >= 11 is -0.0903. The molecule has 0 spiro atoms. The van der Waals surface area contributed by atoms with Crippen molar-refractivity contribution in [1.29, 1.82) is 0 Å². The second-order valence-electron chi connectivity index (χ2n) is 3.33. The Morgan fingerprint density at radius 3 is 2.75 bits per heavy atom. The molecule has 0 saturated heterocycles. The van der Waals surface area contributed by atoms with E-state index in [9.17, 15) is 5.11 Å². The van der Waals surface area contributed by atoms with Crippen molar-refractivity contribution in [1.82, 2.24) is 0 Å². The SMILES string of the molecule is COC1=C(O)CC[C@@H](C(C)C)[I-]1. The van der Waals surface area contributed by atoms with Gasteiger partial charge < -0.3 is 0 Å². The third-order valence-corrected chi connectivity index (χ3v) is 6.52. The van der Waals surface area contributed by atoms with Crippen molar-refractivity contribution in [3.05, 3.63) is 9.53 Å². The molecule has 1 heterocycles. The summed E-state index contributed by atoms with van der Waals surface area (Å²) in [6.45, 7) is 4.50. The number of halogens is 1. The fourth-order valence-electron chi connectivity index (χ4n) is 1.24. The average molecular weight is 283 g/mol. The van der Waals surface area contributed by atoms with Gasteiger partial charge in [0.25, 0.3) is 0 Å². The summed E-state index contributed by atoms with van der Waals surface area (Å²) in [6.07, 6.45) is 1.95. The van der Waals surface area contributed by atoms with Gasteiger partial charge in [-0.3, -0.25) is 0 Å². The van der Waals surface area contributed by atoms with Gasteiger partial charge in [0.1, 0.15) is 0 Å². The van der Waals surface area contributed by atoms with Crippen molar-refractivity contribution in [2.45, 2.75) is 30.6 Å². The first-order valence-electron chi connectivity index (χ1n) is 4.24. The van der Waals surface area contributed by atoms with Crippen LogP contribution >= 0.6 is 0 Å². The van der Waals surface area contributed by atoms with Gasteiger partial charge in [-0.2, -0.15) is 0 Å². The first kappa shape index (κ1) is 10.2. The van der Waals surface area contributed by atoms with Crippen LogP contribution in [0.3, 0.4) is 0 Å². The van der Waals surface area contributed by atoms with Crippen LogP contribution < -0.4 is 21.2 Å². The van der Waals surface area contributed by atoms with Gasteiger partial charge in [-0.05, 0) is 0 Å². The topological polar surface area (TPSA) is 29.5 Å². The number of rotatable bonds is 2. The Labute approximate surface area is 84.3 Å². The van der Waals surface area contributed by atoms with Crippen LogP contribution in [0.5, 0.6) is 0 Å². The van der Waals surface area contributed by atoms with E-state index in [-0.39, 0.29) is 21.2 Å². The summed E-state index contributed by atoms with van der Waals surface area (Å²) in [5, 5.41) is 9.45. The van der Waals surface area contributed by atoms with Crippen molar-refractivity contribution in [3.63, 3.8) is 0 Å². The normalized spacial score (nSPS) is 25.5. The number of hydrogen-bond donors (Lipinski definition) is 1. The van der Waals surface area contributed by atoms with Gasteiger partial charge in [-0.15, -0.1) is 0 Å². The molecule has 1 rings (SSSR count). The third kappa shape index (κ3) is 2.28. The van der Waals surface area contributed by atoms with Crippen LogP contribution in [0.25, 0.3) is 0 Å². The molecule has 2 nitrogen and oxygen atoms in total. The van der Waals surface area contributed by atoms with Gasteiger partial charge in [0.15, 0.2) is 0 Å². The van der Waals surface area contributed by atoms with Gasteiger partial charge in [-0.25, -0.2) is 0 Å². The van der Waals surface area contributed by atoms with Crippen LogP contribution in [0, 0.1) is 5.92 Å². The summed E-state index contributed by atoms with van der Waals surface area (Å²) < 4.78 is 6.85. The predicted molar refractivity (Wildman–Crippen MR) is 44.5 cm³/mol. The van der Waals surface area contributed by atoms with E-state index < -0.39 is 0 Å².